The molecule has 2 aromatic heterocycles. The molecule has 4 heteroatoms. The molecule has 0 saturated heterocycles. The van der Waals surface area contributed by atoms with Gasteiger partial charge < -0.3 is 9.99 Å². The molecule has 82 valence electrons. The molecule has 2 rings (SSSR count). The molecule has 0 atom stereocenters. The monoisotopic (exact) mass is 214 g/mol. The van der Waals surface area contributed by atoms with Gasteiger partial charge in [0.25, 0.3) is 0 Å². The maximum atomic E-state index is 8.91. The molecule has 16 heavy (non-hydrogen) atoms. The summed E-state index contributed by atoms with van der Waals surface area (Å²) in [7, 11) is 1.91. The van der Waals surface area contributed by atoms with Crippen molar-refractivity contribution in [2.75, 3.05) is 5.43 Å². The first-order valence-electron chi connectivity index (χ1n) is 5.14. The third-order valence-corrected chi connectivity index (χ3v) is 2.81. The van der Waals surface area contributed by atoms with Crippen molar-refractivity contribution in [2.24, 2.45) is 7.05 Å². The molecule has 0 saturated carbocycles. The van der Waals surface area contributed by atoms with Crippen LogP contribution in [-0.2, 0) is 13.6 Å². The van der Waals surface area contributed by atoms with Crippen LogP contribution in [0.1, 0.15) is 17.0 Å². The molecule has 0 bridgehead atoms. The van der Waals surface area contributed by atoms with E-state index in [1.165, 1.54) is 0 Å². The highest BCUT2D eigenvalue weighted by molar-refractivity contribution is 5.34. The summed E-state index contributed by atoms with van der Waals surface area (Å²) in [5, 5.41) is 8.91. The van der Waals surface area contributed by atoms with Gasteiger partial charge in [-0.3, -0.25) is 4.68 Å². The van der Waals surface area contributed by atoms with Gasteiger partial charge in [-0.2, -0.15) is 5.26 Å². The van der Waals surface area contributed by atoms with Crippen LogP contribution in [0.4, 0.5) is 0 Å². The number of rotatable bonds is 3. The van der Waals surface area contributed by atoms with Crippen molar-refractivity contribution in [3.8, 4) is 6.07 Å². The van der Waals surface area contributed by atoms with E-state index in [1.54, 1.807) is 0 Å². The quantitative estimate of drug-likeness (QED) is 0.846. The Hall–Kier alpha value is -2.15. The van der Waals surface area contributed by atoms with E-state index in [-0.39, 0.29) is 0 Å². The van der Waals surface area contributed by atoms with Gasteiger partial charge >= 0.3 is 0 Å². The van der Waals surface area contributed by atoms with E-state index in [2.05, 4.69) is 11.5 Å². The fourth-order valence-electron chi connectivity index (χ4n) is 1.66. The smallest absolute Gasteiger partial charge is 0.120 e. The average Bonchev–Trinajstić information content (AvgIpc) is 2.88. The minimum absolute atomic E-state index is 0.696. The SMILES string of the molecule is Cc1c(CNn2cccc2)cc(C#N)n1C. The third kappa shape index (κ3) is 1.80. The molecule has 0 spiro atoms. The number of nitrogens with zero attached hydrogens (tertiary/aromatic N) is 3. The Morgan fingerprint density at radius 2 is 2.06 bits per heavy atom. The van der Waals surface area contributed by atoms with Gasteiger partial charge in [-0.15, -0.1) is 0 Å². The second kappa shape index (κ2) is 4.15. The molecule has 0 aliphatic heterocycles. The van der Waals surface area contributed by atoms with E-state index in [0.29, 0.717) is 5.69 Å². The van der Waals surface area contributed by atoms with Crippen LogP contribution in [0.5, 0.6) is 0 Å². The van der Waals surface area contributed by atoms with Crippen molar-refractivity contribution >= 4 is 0 Å². The van der Waals surface area contributed by atoms with Crippen molar-refractivity contribution in [3.05, 3.63) is 47.5 Å². The maximum Gasteiger partial charge on any atom is 0.120 e. The predicted molar refractivity (Wildman–Crippen MR) is 62.4 cm³/mol. The van der Waals surface area contributed by atoms with E-state index < -0.39 is 0 Å². The number of hydrogen-bond acceptors (Lipinski definition) is 2. The summed E-state index contributed by atoms with van der Waals surface area (Å²) < 4.78 is 3.81. The molecular weight excluding hydrogens is 200 g/mol. The zero-order valence-corrected chi connectivity index (χ0v) is 9.44. The zero-order chi connectivity index (χ0) is 11.5. The number of nitriles is 1. The van der Waals surface area contributed by atoms with Crippen LogP contribution in [-0.4, -0.2) is 9.24 Å². The highest BCUT2D eigenvalue weighted by Crippen LogP contribution is 2.13. The predicted octanol–water partition coefficient (Wildman–Crippen LogP) is 1.75. The topological polar surface area (TPSA) is 45.7 Å². The van der Waals surface area contributed by atoms with Crippen LogP contribution in [0, 0.1) is 18.3 Å². The molecule has 0 unspecified atom stereocenters. The largest absolute Gasteiger partial charge is 0.340 e. The van der Waals surface area contributed by atoms with Gasteiger partial charge in [-0.05, 0) is 30.7 Å². The molecule has 0 aliphatic rings. The molecule has 2 heterocycles. The van der Waals surface area contributed by atoms with Crippen LogP contribution >= 0.6 is 0 Å². The van der Waals surface area contributed by atoms with Gasteiger partial charge in [0, 0.05) is 25.1 Å². The van der Waals surface area contributed by atoms with Crippen LogP contribution in [0.2, 0.25) is 0 Å². The van der Waals surface area contributed by atoms with Crippen LogP contribution in [0.15, 0.2) is 30.6 Å². The van der Waals surface area contributed by atoms with Crippen molar-refractivity contribution in [3.63, 3.8) is 0 Å². The van der Waals surface area contributed by atoms with Crippen LogP contribution < -0.4 is 5.43 Å². The van der Waals surface area contributed by atoms with E-state index in [9.17, 15) is 0 Å². The first-order chi connectivity index (χ1) is 7.72. The summed E-state index contributed by atoms with van der Waals surface area (Å²) in [4.78, 5) is 0. The van der Waals surface area contributed by atoms with Gasteiger partial charge in [-0.1, -0.05) is 0 Å². The molecule has 1 N–H and O–H groups in total. The van der Waals surface area contributed by atoms with E-state index in [4.69, 9.17) is 5.26 Å². The lowest BCUT2D eigenvalue weighted by molar-refractivity contribution is 0.821. The molecule has 0 radical (unpaired) electrons. The van der Waals surface area contributed by atoms with Crippen LogP contribution in [0.3, 0.4) is 0 Å². The zero-order valence-electron chi connectivity index (χ0n) is 9.44. The Labute approximate surface area is 94.7 Å². The highest BCUT2D eigenvalue weighted by atomic mass is 15.4. The summed E-state index contributed by atoms with van der Waals surface area (Å²) in [6.45, 7) is 2.74. The molecule has 0 fully saturated rings. The second-order valence-electron chi connectivity index (χ2n) is 3.74. The molecule has 0 aliphatic carbocycles. The van der Waals surface area contributed by atoms with Gasteiger partial charge in [-0.25, -0.2) is 0 Å². The van der Waals surface area contributed by atoms with Crippen molar-refractivity contribution in [2.45, 2.75) is 13.5 Å². The number of nitrogens with one attached hydrogen (secondary N) is 1. The van der Waals surface area contributed by atoms with Gasteiger partial charge in [0.05, 0.1) is 6.54 Å². The summed E-state index contributed by atoms with van der Waals surface area (Å²) in [6.07, 6.45) is 3.90. The van der Waals surface area contributed by atoms with Gasteiger partial charge in [0.2, 0.25) is 0 Å². The Kier molecular flexibility index (Phi) is 2.69. The van der Waals surface area contributed by atoms with E-state index >= 15 is 0 Å². The van der Waals surface area contributed by atoms with E-state index in [0.717, 1.165) is 17.8 Å². The normalized spacial score (nSPS) is 10.1. The number of aromatic nitrogens is 2. The molecule has 0 aromatic carbocycles. The first-order valence-corrected chi connectivity index (χ1v) is 5.14. The first kappa shape index (κ1) is 10.4. The van der Waals surface area contributed by atoms with Crippen molar-refractivity contribution < 1.29 is 0 Å². The maximum absolute atomic E-state index is 8.91. The lowest BCUT2D eigenvalue weighted by atomic mass is 10.2. The Bertz CT molecular complexity index is 514. The molecule has 0 amide bonds. The fraction of sp³-hybridized carbons (Fsp3) is 0.250. The third-order valence-electron chi connectivity index (χ3n) is 2.81. The van der Waals surface area contributed by atoms with Crippen molar-refractivity contribution in [1.82, 2.24) is 9.24 Å². The van der Waals surface area contributed by atoms with Crippen molar-refractivity contribution in [1.29, 1.82) is 5.26 Å². The molecule has 4 nitrogen and oxygen atoms in total. The number of hydrogen-bond donors (Lipinski definition) is 1. The Balaban J connectivity index is 2.14. The summed E-state index contributed by atoms with van der Waals surface area (Å²) in [5.41, 5.74) is 6.20. The summed E-state index contributed by atoms with van der Waals surface area (Å²) >= 11 is 0. The standard InChI is InChI=1S/C12H14N4/c1-10-11(7-12(8-13)15(10)2)9-14-16-5-3-4-6-16/h3-7,14H,9H2,1-2H3. The highest BCUT2D eigenvalue weighted by Gasteiger charge is 2.07. The summed E-state index contributed by atoms with van der Waals surface area (Å²) in [5.74, 6) is 0. The Morgan fingerprint density at radius 3 is 2.62 bits per heavy atom. The lowest BCUT2D eigenvalue weighted by Crippen LogP contribution is -2.12. The van der Waals surface area contributed by atoms with E-state index in [1.807, 2.05) is 53.8 Å². The summed E-state index contributed by atoms with van der Waals surface area (Å²) in [6, 6.07) is 8.03. The minimum atomic E-state index is 0.696. The van der Waals surface area contributed by atoms with Gasteiger partial charge in [0.15, 0.2) is 0 Å². The minimum Gasteiger partial charge on any atom is -0.340 e. The molecule has 2 aromatic rings. The second-order valence-corrected chi connectivity index (χ2v) is 3.74. The van der Waals surface area contributed by atoms with Gasteiger partial charge in [0.1, 0.15) is 11.8 Å². The van der Waals surface area contributed by atoms with Crippen LogP contribution in [0.25, 0.3) is 0 Å². The average molecular weight is 214 g/mol. The fourth-order valence-corrected chi connectivity index (χ4v) is 1.66. The Morgan fingerprint density at radius 1 is 1.38 bits per heavy atom. The lowest BCUT2D eigenvalue weighted by Gasteiger charge is -2.07. The molecular formula is C12H14N4.